The van der Waals surface area contributed by atoms with Gasteiger partial charge in [-0.1, -0.05) is 18.2 Å². The Balaban J connectivity index is 2.29. The molecule has 3 aromatic rings. The quantitative estimate of drug-likeness (QED) is 0.604. The zero-order valence-electron chi connectivity index (χ0n) is 11.4. The molecule has 0 aliphatic heterocycles. The normalized spacial score (nSPS) is 11.6. The van der Waals surface area contributed by atoms with Crippen LogP contribution in [-0.4, -0.2) is 18.4 Å². The standard InChI is InChI=1S/C14H13N5O2S/c15-8-4-3-7-11(12(8)16)22(20,21)14-13(17)18-9-5-1-2-6-10(9)19-14/h1-7H,15-16H2,(H2,17,18). The lowest BCUT2D eigenvalue weighted by molar-refractivity contribution is 0.593. The van der Waals surface area contributed by atoms with Gasteiger partial charge in [0.15, 0.2) is 5.82 Å². The van der Waals surface area contributed by atoms with Crippen LogP contribution in [0.2, 0.25) is 0 Å². The molecule has 0 radical (unpaired) electrons. The second kappa shape index (κ2) is 4.85. The molecule has 0 saturated heterocycles. The molecule has 0 aliphatic rings. The number of anilines is 3. The van der Waals surface area contributed by atoms with Crippen molar-refractivity contribution in [1.29, 1.82) is 0 Å². The summed E-state index contributed by atoms with van der Waals surface area (Å²) in [5, 5.41) is -0.330. The topological polar surface area (TPSA) is 138 Å². The molecule has 3 rings (SSSR count). The van der Waals surface area contributed by atoms with Crippen LogP contribution < -0.4 is 17.2 Å². The van der Waals surface area contributed by atoms with Crippen molar-refractivity contribution in [2.45, 2.75) is 9.92 Å². The van der Waals surface area contributed by atoms with Crippen molar-refractivity contribution in [2.75, 3.05) is 17.2 Å². The Morgan fingerprint density at radius 2 is 1.45 bits per heavy atom. The highest BCUT2D eigenvalue weighted by Crippen LogP contribution is 2.31. The molecule has 1 heterocycles. The third kappa shape index (κ3) is 2.09. The molecule has 7 nitrogen and oxygen atoms in total. The molecule has 8 heteroatoms. The molecule has 0 aliphatic carbocycles. The van der Waals surface area contributed by atoms with Crippen LogP contribution in [0.25, 0.3) is 11.0 Å². The summed E-state index contributed by atoms with van der Waals surface area (Å²) in [6.07, 6.45) is 0. The summed E-state index contributed by atoms with van der Waals surface area (Å²) >= 11 is 0. The van der Waals surface area contributed by atoms with Gasteiger partial charge in [0, 0.05) is 0 Å². The maximum atomic E-state index is 12.8. The van der Waals surface area contributed by atoms with Crippen molar-refractivity contribution < 1.29 is 8.42 Å². The summed E-state index contributed by atoms with van der Waals surface area (Å²) < 4.78 is 25.5. The second-order valence-corrected chi connectivity index (χ2v) is 6.50. The number of hydrogen-bond donors (Lipinski definition) is 3. The van der Waals surface area contributed by atoms with E-state index in [1.54, 1.807) is 24.3 Å². The number of nitrogens with zero attached hydrogens (tertiary/aromatic N) is 2. The van der Waals surface area contributed by atoms with E-state index in [-0.39, 0.29) is 27.1 Å². The van der Waals surface area contributed by atoms with Crippen molar-refractivity contribution >= 4 is 38.1 Å². The molecule has 0 unspecified atom stereocenters. The lowest BCUT2D eigenvalue weighted by Gasteiger charge is -2.10. The van der Waals surface area contributed by atoms with Crippen LogP contribution >= 0.6 is 0 Å². The van der Waals surface area contributed by atoms with E-state index in [1.165, 1.54) is 18.2 Å². The fourth-order valence-electron chi connectivity index (χ4n) is 2.09. The minimum Gasteiger partial charge on any atom is -0.397 e. The Hall–Kier alpha value is -2.87. The number of fused-ring (bicyclic) bond motifs is 1. The fourth-order valence-corrected chi connectivity index (χ4v) is 3.51. The van der Waals surface area contributed by atoms with Crippen molar-refractivity contribution in [3.05, 3.63) is 42.5 Å². The van der Waals surface area contributed by atoms with Gasteiger partial charge in [-0.15, -0.1) is 0 Å². The maximum absolute atomic E-state index is 12.8. The van der Waals surface area contributed by atoms with Crippen LogP contribution in [0, 0.1) is 0 Å². The van der Waals surface area contributed by atoms with Crippen LogP contribution in [0.5, 0.6) is 0 Å². The average Bonchev–Trinajstić information content (AvgIpc) is 2.49. The Bertz CT molecular complexity index is 986. The van der Waals surface area contributed by atoms with Crippen LogP contribution in [0.3, 0.4) is 0 Å². The van der Waals surface area contributed by atoms with Crippen molar-refractivity contribution in [2.24, 2.45) is 0 Å². The monoisotopic (exact) mass is 315 g/mol. The third-order valence-electron chi connectivity index (χ3n) is 3.21. The highest BCUT2D eigenvalue weighted by molar-refractivity contribution is 7.91. The Morgan fingerprint density at radius 1 is 0.818 bits per heavy atom. The number of benzene rings is 2. The van der Waals surface area contributed by atoms with Gasteiger partial charge < -0.3 is 17.2 Å². The largest absolute Gasteiger partial charge is 0.397 e. The number of nitrogens with two attached hydrogens (primary N) is 3. The highest BCUT2D eigenvalue weighted by atomic mass is 32.2. The predicted octanol–water partition coefficient (Wildman–Crippen LogP) is 1.21. The van der Waals surface area contributed by atoms with Gasteiger partial charge in [-0.25, -0.2) is 18.4 Å². The third-order valence-corrected chi connectivity index (χ3v) is 4.95. The Labute approximate surface area is 126 Å². The number of sulfone groups is 1. The molecule has 0 fully saturated rings. The predicted molar refractivity (Wildman–Crippen MR) is 84.7 cm³/mol. The molecule has 0 amide bonds. The number of nitrogen functional groups attached to an aromatic ring is 3. The minimum absolute atomic E-state index is 0.0307. The van der Waals surface area contributed by atoms with Crippen LogP contribution in [0.4, 0.5) is 17.2 Å². The second-order valence-electron chi connectivity index (χ2n) is 4.67. The molecule has 112 valence electrons. The minimum atomic E-state index is -4.02. The molecular formula is C14H13N5O2S. The summed E-state index contributed by atoms with van der Waals surface area (Å²) in [5.41, 5.74) is 18.3. The molecule has 0 spiro atoms. The summed E-state index contributed by atoms with van der Waals surface area (Å²) in [6.45, 7) is 0. The van der Waals surface area contributed by atoms with Gasteiger partial charge >= 0.3 is 0 Å². The van der Waals surface area contributed by atoms with Crippen molar-refractivity contribution in [3.8, 4) is 0 Å². The fraction of sp³-hybridized carbons (Fsp3) is 0. The summed E-state index contributed by atoms with van der Waals surface area (Å²) in [7, 11) is -4.02. The molecule has 0 bridgehead atoms. The Morgan fingerprint density at radius 3 is 2.14 bits per heavy atom. The number of para-hydroxylation sites is 3. The smallest absolute Gasteiger partial charge is 0.229 e. The van der Waals surface area contributed by atoms with Crippen molar-refractivity contribution in [1.82, 2.24) is 9.97 Å². The zero-order valence-corrected chi connectivity index (χ0v) is 12.2. The number of rotatable bonds is 2. The zero-order chi connectivity index (χ0) is 15.9. The van der Waals surface area contributed by atoms with Crippen LogP contribution in [0.15, 0.2) is 52.4 Å². The SMILES string of the molecule is Nc1cccc(S(=O)(=O)c2nc3ccccc3nc2N)c1N. The molecule has 22 heavy (non-hydrogen) atoms. The lowest BCUT2D eigenvalue weighted by Crippen LogP contribution is -2.12. The maximum Gasteiger partial charge on any atom is 0.229 e. The van der Waals surface area contributed by atoms with Gasteiger partial charge in [-0.05, 0) is 24.3 Å². The Kier molecular flexibility index (Phi) is 3.10. The van der Waals surface area contributed by atoms with Gasteiger partial charge in [0.25, 0.3) is 0 Å². The first-order valence-corrected chi connectivity index (χ1v) is 7.81. The first-order valence-electron chi connectivity index (χ1n) is 6.32. The van der Waals surface area contributed by atoms with E-state index in [0.29, 0.717) is 11.0 Å². The average molecular weight is 315 g/mol. The van der Waals surface area contributed by atoms with E-state index < -0.39 is 9.84 Å². The van der Waals surface area contributed by atoms with E-state index in [4.69, 9.17) is 17.2 Å². The van der Waals surface area contributed by atoms with Gasteiger partial charge in [0.05, 0.1) is 27.3 Å². The van der Waals surface area contributed by atoms with Crippen LogP contribution in [0.1, 0.15) is 0 Å². The van der Waals surface area contributed by atoms with Crippen LogP contribution in [-0.2, 0) is 9.84 Å². The van der Waals surface area contributed by atoms with E-state index in [9.17, 15) is 8.42 Å². The van der Waals surface area contributed by atoms with E-state index in [0.717, 1.165) is 0 Å². The highest BCUT2D eigenvalue weighted by Gasteiger charge is 2.26. The summed E-state index contributed by atoms with van der Waals surface area (Å²) in [4.78, 5) is 8.07. The summed E-state index contributed by atoms with van der Waals surface area (Å²) in [5.74, 6) is -0.180. The van der Waals surface area contributed by atoms with E-state index in [1.807, 2.05) is 0 Å². The van der Waals surface area contributed by atoms with Crippen molar-refractivity contribution in [3.63, 3.8) is 0 Å². The van der Waals surface area contributed by atoms with E-state index in [2.05, 4.69) is 9.97 Å². The number of aromatic nitrogens is 2. The summed E-state index contributed by atoms with van der Waals surface area (Å²) in [6, 6.07) is 11.2. The van der Waals surface area contributed by atoms with E-state index >= 15 is 0 Å². The number of hydrogen-bond acceptors (Lipinski definition) is 7. The molecule has 6 N–H and O–H groups in total. The lowest BCUT2D eigenvalue weighted by atomic mass is 10.3. The molecule has 0 atom stereocenters. The molecule has 1 aromatic heterocycles. The van der Waals surface area contributed by atoms with Gasteiger partial charge in [0.1, 0.15) is 0 Å². The van der Waals surface area contributed by atoms with Gasteiger partial charge in [0.2, 0.25) is 14.9 Å². The van der Waals surface area contributed by atoms with Gasteiger partial charge in [-0.3, -0.25) is 0 Å². The first kappa shape index (κ1) is 14.1. The molecule has 0 saturated carbocycles. The molecule has 2 aromatic carbocycles. The van der Waals surface area contributed by atoms with Gasteiger partial charge in [-0.2, -0.15) is 0 Å². The molecular weight excluding hydrogens is 302 g/mol. The first-order chi connectivity index (χ1) is 10.4.